The van der Waals surface area contributed by atoms with Gasteiger partial charge in [0.25, 0.3) is 10.1 Å². The number of ether oxygens (including phenoxy) is 1. The van der Waals surface area contributed by atoms with E-state index in [4.69, 9.17) is 24.5 Å². The summed E-state index contributed by atoms with van der Waals surface area (Å²) >= 11 is 0. The molecule has 4 N–H and O–H groups in total. The number of benzene rings is 4. The van der Waals surface area contributed by atoms with Crippen LogP contribution < -0.4 is 15.4 Å². The molecule has 10 heteroatoms. The lowest BCUT2D eigenvalue weighted by molar-refractivity contribution is 0.318. The van der Waals surface area contributed by atoms with E-state index in [9.17, 15) is 8.42 Å². The number of hydrogen-bond acceptors (Lipinski definition) is 6. The fraction of sp³-hybridized carbons (Fsp3) is 0.156. The third-order valence-corrected chi connectivity index (χ3v) is 6.80. The number of anilines is 2. The average molecular weight is 590 g/mol. The van der Waals surface area contributed by atoms with Crippen molar-refractivity contribution >= 4 is 38.6 Å². The number of fused-ring (bicyclic) bond motifs is 1. The summed E-state index contributed by atoms with van der Waals surface area (Å²) in [7, 11) is -0.732. The first kappa shape index (κ1) is 31.9. The molecule has 0 bridgehead atoms. The van der Waals surface area contributed by atoms with Crippen LogP contribution in [0.25, 0.3) is 22.1 Å². The van der Waals surface area contributed by atoms with Crippen molar-refractivity contribution in [3.63, 3.8) is 0 Å². The van der Waals surface area contributed by atoms with Gasteiger partial charge in [0.05, 0.1) is 17.7 Å². The minimum Gasteiger partial charge on any atom is -0.495 e. The Bertz CT molecular complexity index is 1680. The summed E-state index contributed by atoms with van der Waals surface area (Å²) in [5, 5.41) is 8.56. The van der Waals surface area contributed by atoms with E-state index in [-0.39, 0.29) is 11.5 Å². The molecule has 0 aliphatic rings. The lowest BCUT2D eigenvalue weighted by atomic mass is 10.0. The summed E-state index contributed by atoms with van der Waals surface area (Å²) in [4.78, 5) is 5.90. The van der Waals surface area contributed by atoms with Crippen LogP contribution in [0.4, 0.5) is 11.6 Å². The van der Waals surface area contributed by atoms with E-state index in [0.29, 0.717) is 17.6 Å². The number of aryl methyl sites for hydroxylation is 1. The Balaban J connectivity index is 0.000000288. The number of furan rings is 1. The maximum Gasteiger partial charge on any atom is 0.294 e. The minimum atomic E-state index is -4.02. The molecule has 0 saturated heterocycles. The van der Waals surface area contributed by atoms with Gasteiger partial charge in [0, 0.05) is 25.1 Å². The maximum absolute atomic E-state index is 10.5. The number of nitrogens with two attached hydrogens (primary N) is 1. The molecule has 4 aromatic carbocycles. The predicted octanol–water partition coefficient (Wildman–Crippen LogP) is 6.43. The Morgan fingerprint density at radius 1 is 0.929 bits per heavy atom. The number of nitrogens with zero attached hydrogens (tertiary/aromatic N) is 2. The second-order valence-electron chi connectivity index (χ2n) is 8.90. The van der Waals surface area contributed by atoms with Crippen LogP contribution in [0.1, 0.15) is 12.5 Å². The molecule has 9 nitrogen and oxygen atoms in total. The van der Waals surface area contributed by atoms with Gasteiger partial charge >= 0.3 is 0 Å². The van der Waals surface area contributed by atoms with Crippen molar-refractivity contribution in [1.82, 2.24) is 0 Å². The second kappa shape index (κ2) is 14.8. The molecule has 0 aliphatic carbocycles. The topological polar surface area (TPSA) is 139 Å². The molecule has 0 aliphatic heterocycles. The summed E-state index contributed by atoms with van der Waals surface area (Å²) in [6.07, 6.45) is 0. The van der Waals surface area contributed by atoms with Crippen LogP contribution in [0.3, 0.4) is 0 Å². The zero-order valence-corrected chi connectivity index (χ0v) is 24.7. The number of hydrogen-bond donors (Lipinski definition) is 3. The van der Waals surface area contributed by atoms with Gasteiger partial charge in [-0.1, -0.05) is 72.3 Å². The molecule has 0 spiro atoms. The van der Waals surface area contributed by atoms with E-state index in [2.05, 4.69) is 17.1 Å². The third kappa shape index (κ3) is 8.20. The van der Waals surface area contributed by atoms with E-state index < -0.39 is 10.1 Å². The van der Waals surface area contributed by atoms with Crippen molar-refractivity contribution in [3.8, 4) is 16.9 Å². The zero-order chi connectivity index (χ0) is 30.7. The van der Waals surface area contributed by atoms with Crippen LogP contribution in [0.5, 0.6) is 5.75 Å². The highest BCUT2D eigenvalue weighted by Gasteiger charge is 2.22. The monoisotopic (exact) mass is 589 g/mol. The number of para-hydroxylation sites is 1. The quantitative estimate of drug-likeness (QED) is 0.121. The molecule has 0 atom stereocenters. The van der Waals surface area contributed by atoms with Gasteiger partial charge in [0.15, 0.2) is 0 Å². The molecule has 0 fully saturated rings. The molecule has 5 aromatic rings. The molecule has 1 heterocycles. The van der Waals surface area contributed by atoms with Crippen LogP contribution in [-0.2, 0) is 10.1 Å². The Morgan fingerprint density at radius 2 is 1.55 bits per heavy atom. The van der Waals surface area contributed by atoms with Crippen LogP contribution in [0.15, 0.2) is 117 Å². The van der Waals surface area contributed by atoms with Crippen molar-refractivity contribution in [2.24, 2.45) is 10.7 Å². The summed E-state index contributed by atoms with van der Waals surface area (Å²) in [6.45, 7) is 3.77. The van der Waals surface area contributed by atoms with E-state index in [1.807, 2.05) is 73.7 Å². The first-order chi connectivity index (χ1) is 20.1. The van der Waals surface area contributed by atoms with E-state index in [0.717, 1.165) is 33.3 Å². The van der Waals surface area contributed by atoms with Gasteiger partial charge in [-0.25, -0.2) is 4.90 Å². The SMILES string of the molecule is CCO.CN=C(N)N(c1cc2ccccc2o1)c1cc(-c2ccccc2)ccc1OC.Cc1ccc(S(=O)(=O)O)cc1. The van der Waals surface area contributed by atoms with Crippen LogP contribution in [0.2, 0.25) is 0 Å². The van der Waals surface area contributed by atoms with Gasteiger partial charge in [-0.2, -0.15) is 8.42 Å². The highest BCUT2D eigenvalue weighted by molar-refractivity contribution is 7.85. The number of rotatable bonds is 5. The van der Waals surface area contributed by atoms with Crippen molar-refractivity contribution < 1.29 is 27.2 Å². The smallest absolute Gasteiger partial charge is 0.294 e. The largest absolute Gasteiger partial charge is 0.495 e. The minimum absolute atomic E-state index is 0.0666. The molecule has 0 unspecified atom stereocenters. The molecule has 1 aromatic heterocycles. The zero-order valence-electron chi connectivity index (χ0n) is 23.9. The highest BCUT2D eigenvalue weighted by Crippen LogP contribution is 2.39. The number of guanidine groups is 1. The lowest BCUT2D eigenvalue weighted by Crippen LogP contribution is -2.33. The normalized spacial score (nSPS) is 11.1. The molecule has 0 saturated carbocycles. The Morgan fingerprint density at radius 3 is 2.12 bits per heavy atom. The van der Waals surface area contributed by atoms with Gasteiger partial charge < -0.3 is 20.0 Å². The second-order valence-corrected chi connectivity index (χ2v) is 10.3. The lowest BCUT2D eigenvalue weighted by Gasteiger charge is -2.23. The molecule has 5 rings (SSSR count). The Labute approximate surface area is 246 Å². The first-order valence-electron chi connectivity index (χ1n) is 13.0. The molecule has 0 radical (unpaired) electrons. The van der Waals surface area contributed by atoms with Crippen LogP contribution in [0, 0.1) is 6.92 Å². The predicted molar refractivity (Wildman–Crippen MR) is 168 cm³/mol. The fourth-order valence-electron chi connectivity index (χ4n) is 3.92. The van der Waals surface area contributed by atoms with Crippen molar-refractivity contribution in [2.45, 2.75) is 18.7 Å². The standard InChI is InChI=1S/C23H21N3O2.C7H8O3S.C2H6O/c1-25-23(24)26(22-15-18-10-6-7-11-20(18)28-22)19-14-17(12-13-21(19)27-2)16-8-4-3-5-9-16;1-6-2-4-7(5-3-6)11(8,9)10;1-2-3/h3-15H,1-2H3,(H2,24,25);2-5H,1H3,(H,8,9,10);3H,2H2,1H3. The summed E-state index contributed by atoms with van der Waals surface area (Å²) < 4.78 is 41.2. The fourth-order valence-corrected chi connectivity index (χ4v) is 4.40. The van der Waals surface area contributed by atoms with Gasteiger partial charge in [0.2, 0.25) is 11.8 Å². The van der Waals surface area contributed by atoms with E-state index in [1.54, 1.807) is 38.1 Å². The summed E-state index contributed by atoms with van der Waals surface area (Å²) in [5.41, 5.74) is 10.9. The summed E-state index contributed by atoms with van der Waals surface area (Å²) in [5.74, 6) is 1.56. The molecule has 220 valence electrons. The van der Waals surface area contributed by atoms with E-state index >= 15 is 0 Å². The molecule has 42 heavy (non-hydrogen) atoms. The summed E-state index contributed by atoms with van der Waals surface area (Å²) in [6, 6.07) is 31.9. The first-order valence-corrected chi connectivity index (χ1v) is 14.5. The number of aliphatic imine (C=N–C) groups is 1. The van der Waals surface area contributed by atoms with Gasteiger partial charge in [-0.05, 0) is 55.3 Å². The van der Waals surface area contributed by atoms with Crippen LogP contribution in [-0.4, -0.2) is 44.8 Å². The van der Waals surface area contributed by atoms with Crippen molar-refractivity contribution in [2.75, 3.05) is 25.7 Å². The van der Waals surface area contributed by atoms with Gasteiger partial charge in [0.1, 0.15) is 11.3 Å². The van der Waals surface area contributed by atoms with Crippen molar-refractivity contribution in [1.29, 1.82) is 0 Å². The molecular weight excluding hydrogens is 554 g/mol. The number of aliphatic hydroxyl groups excluding tert-OH is 1. The van der Waals surface area contributed by atoms with E-state index in [1.165, 1.54) is 12.1 Å². The molecule has 0 amide bonds. The highest BCUT2D eigenvalue weighted by atomic mass is 32.2. The maximum atomic E-state index is 10.5. The van der Waals surface area contributed by atoms with Crippen LogP contribution >= 0.6 is 0 Å². The average Bonchev–Trinajstić information content (AvgIpc) is 3.42. The number of aliphatic hydroxyl groups is 1. The third-order valence-electron chi connectivity index (χ3n) is 5.94. The van der Waals surface area contributed by atoms with Gasteiger partial charge in [-0.15, -0.1) is 0 Å². The molecular formula is C32H35N3O6S. The Kier molecular flexibility index (Phi) is 11.3. The number of methoxy groups -OCH3 is 1. The van der Waals surface area contributed by atoms with Crippen molar-refractivity contribution in [3.05, 3.63) is 109 Å². The Hall–Kier alpha value is -4.64. The van der Waals surface area contributed by atoms with Gasteiger partial charge in [-0.3, -0.25) is 9.55 Å².